The Morgan fingerprint density at radius 2 is 1.98 bits per heavy atom. The van der Waals surface area contributed by atoms with E-state index >= 15 is 0 Å². The number of aliphatic hydroxyl groups is 1. The maximum Gasteiger partial charge on any atom is 0.213 e. The van der Waals surface area contributed by atoms with Crippen molar-refractivity contribution < 1.29 is 14.6 Å². The molecule has 3 fully saturated rings. The van der Waals surface area contributed by atoms with Gasteiger partial charge in [0.25, 0.3) is 0 Å². The van der Waals surface area contributed by atoms with Gasteiger partial charge < -0.3 is 19.5 Å². The maximum atomic E-state index is 9.92. The third-order valence-electron chi connectivity index (χ3n) is 7.56. The van der Waals surface area contributed by atoms with Crippen molar-refractivity contribution in [2.45, 2.75) is 64.8 Å². The summed E-state index contributed by atoms with van der Waals surface area (Å²) in [5.41, 5.74) is 3.60. The van der Waals surface area contributed by atoms with Crippen LogP contribution in [-0.4, -0.2) is 74.2 Å². The molecule has 0 saturated carbocycles. The van der Waals surface area contributed by atoms with Crippen molar-refractivity contribution in [1.29, 1.82) is 5.26 Å². The predicted octanol–water partition coefficient (Wildman–Crippen LogP) is 3.52. The van der Waals surface area contributed by atoms with Crippen molar-refractivity contribution in [3.05, 3.63) is 70.5 Å². The largest absolute Gasteiger partial charge is 0.494 e. The van der Waals surface area contributed by atoms with E-state index in [4.69, 9.17) is 14.5 Å². The van der Waals surface area contributed by atoms with Crippen LogP contribution >= 0.6 is 0 Å². The summed E-state index contributed by atoms with van der Waals surface area (Å²) in [5, 5.41) is 23.9. The van der Waals surface area contributed by atoms with E-state index in [9.17, 15) is 10.4 Å². The van der Waals surface area contributed by atoms with Crippen LogP contribution in [0.25, 0.3) is 6.20 Å². The van der Waals surface area contributed by atoms with E-state index in [0.717, 1.165) is 42.4 Å². The first-order valence-corrected chi connectivity index (χ1v) is 13.6. The monoisotopic (exact) mass is 543 g/mol. The Kier molecular flexibility index (Phi) is 7.79. The summed E-state index contributed by atoms with van der Waals surface area (Å²) in [6, 6.07) is 11.4. The van der Waals surface area contributed by atoms with Gasteiger partial charge in [-0.15, -0.1) is 0 Å². The standard InChI is InChI=1S/C30H37N7O3/c1-20(40-19-30(3,4)38)15-37-27(24(12-31)14-33-37)10-22-6-8-28(32-13-22)35-17-25-11-26(18-35)36(25)16-23-7-9-29(39-5)34-21(23)2/h6-9,13-15,25-26,38H,10-11,16-19H2,1-5H3/b20-15+. The van der Waals surface area contributed by atoms with Crippen LogP contribution < -0.4 is 9.64 Å². The molecule has 0 aromatic carbocycles. The Bertz CT molecular complexity index is 1410. The van der Waals surface area contributed by atoms with Crippen molar-refractivity contribution in [3.8, 4) is 11.9 Å². The lowest BCUT2D eigenvalue weighted by molar-refractivity contribution is -0.00892. The molecule has 2 bridgehead atoms. The summed E-state index contributed by atoms with van der Waals surface area (Å²) in [6.45, 7) is 10.2. The molecular formula is C30H37N7O3. The van der Waals surface area contributed by atoms with Gasteiger partial charge in [0, 0.05) is 56.1 Å². The van der Waals surface area contributed by atoms with Crippen LogP contribution in [0.3, 0.4) is 0 Å². The number of nitriles is 1. The smallest absolute Gasteiger partial charge is 0.213 e. The number of piperidine rings is 1. The van der Waals surface area contributed by atoms with E-state index in [1.807, 2.05) is 19.2 Å². The number of ether oxygens (including phenoxy) is 2. The topological polar surface area (TPSA) is 113 Å². The number of piperazine rings is 1. The van der Waals surface area contributed by atoms with Crippen LogP contribution in [0.5, 0.6) is 5.88 Å². The third-order valence-corrected chi connectivity index (χ3v) is 7.56. The third kappa shape index (κ3) is 6.11. The fourth-order valence-electron chi connectivity index (χ4n) is 5.35. The molecule has 40 heavy (non-hydrogen) atoms. The van der Waals surface area contributed by atoms with Gasteiger partial charge in [0.05, 0.1) is 36.4 Å². The molecule has 210 valence electrons. The van der Waals surface area contributed by atoms with E-state index in [0.29, 0.717) is 35.7 Å². The van der Waals surface area contributed by atoms with Crippen LogP contribution in [0.15, 0.2) is 42.4 Å². The van der Waals surface area contributed by atoms with Crippen LogP contribution in [0.4, 0.5) is 5.82 Å². The average molecular weight is 544 g/mol. The molecule has 2 atom stereocenters. The van der Waals surface area contributed by atoms with Gasteiger partial charge in [-0.1, -0.05) is 12.1 Å². The van der Waals surface area contributed by atoms with Crippen molar-refractivity contribution in [2.24, 2.45) is 0 Å². The highest BCUT2D eigenvalue weighted by Gasteiger charge is 2.44. The number of hydrogen-bond donors (Lipinski definition) is 1. The second-order valence-corrected chi connectivity index (χ2v) is 11.3. The number of rotatable bonds is 10. The number of methoxy groups -OCH3 is 1. The number of fused-ring (bicyclic) bond motifs is 2. The van der Waals surface area contributed by atoms with Crippen molar-refractivity contribution in [1.82, 2.24) is 24.6 Å². The lowest BCUT2D eigenvalue weighted by atomic mass is 9.86. The zero-order valence-corrected chi connectivity index (χ0v) is 23.8. The van der Waals surface area contributed by atoms with Gasteiger partial charge in [0.1, 0.15) is 24.3 Å². The Hall–Kier alpha value is -3.94. The lowest BCUT2D eigenvalue weighted by Crippen LogP contribution is -2.68. The van der Waals surface area contributed by atoms with Crippen LogP contribution in [0.2, 0.25) is 0 Å². The fraction of sp³-hybridized carbons (Fsp3) is 0.467. The van der Waals surface area contributed by atoms with Crippen molar-refractivity contribution in [2.75, 3.05) is 31.7 Å². The summed E-state index contributed by atoms with van der Waals surface area (Å²) in [5.74, 6) is 2.23. The highest BCUT2D eigenvalue weighted by Crippen LogP contribution is 2.36. The number of aromatic nitrogens is 4. The van der Waals surface area contributed by atoms with Crippen molar-refractivity contribution in [3.63, 3.8) is 0 Å². The van der Waals surface area contributed by atoms with E-state index in [2.05, 4.69) is 44.2 Å². The molecule has 2 unspecified atom stereocenters. The van der Waals surface area contributed by atoms with E-state index in [-0.39, 0.29) is 6.61 Å². The Balaban J connectivity index is 1.22. The quantitative estimate of drug-likeness (QED) is 0.384. The molecule has 1 N–H and O–H groups in total. The molecule has 10 heteroatoms. The number of allylic oxidation sites excluding steroid dienone is 1. The molecule has 10 nitrogen and oxygen atoms in total. The van der Waals surface area contributed by atoms with Gasteiger partial charge in [0.15, 0.2) is 0 Å². The van der Waals surface area contributed by atoms with Crippen LogP contribution in [-0.2, 0) is 17.7 Å². The number of aryl methyl sites for hydroxylation is 1. The molecule has 3 aromatic heterocycles. The molecule has 3 saturated heterocycles. The summed E-state index contributed by atoms with van der Waals surface area (Å²) < 4.78 is 12.6. The number of hydrogen-bond acceptors (Lipinski definition) is 9. The predicted molar refractivity (Wildman–Crippen MR) is 152 cm³/mol. The minimum atomic E-state index is -0.937. The van der Waals surface area contributed by atoms with Crippen molar-refractivity contribution >= 4 is 12.0 Å². The number of nitrogens with zero attached hydrogens (tertiary/aromatic N) is 7. The van der Waals surface area contributed by atoms with Gasteiger partial charge in [-0.05, 0) is 51.3 Å². The Morgan fingerprint density at radius 3 is 2.60 bits per heavy atom. The molecular weight excluding hydrogens is 506 g/mol. The zero-order chi connectivity index (χ0) is 28.4. The maximum absolute atomic E-state index is 9.92. The molecule has 3 aromatic rings. The van der Waals surface area contributed by atoms with Gasteiger partial charge >= 0.3 is 0 Å². The first-order valence-electron chi connectivity index (χ1n) is 13.6. The molecule has 6 rings (SSSR count). The minimum Gasteiger partial charge on any atom is -0.494 e. The molecule has 0 spiro atoms. The summed E-state index contributed by atoms with van der Waals surface area (Å²) in [4.78, 5) is 14.3. The van der Waals surface area contributed by atoms with E-state index in [1.54, 1.807) is 45.0 Å². The average Bonchev–Trinajstić information content (AvgIpc) is 3.31. The second kappa shape index (κ2) is 11.3. The Morgan fingerprint density at radius 1 is 1.20 bits per heavy atom. The van der Waals surface area contributed by atoms with Gasteiger partial charge in [0.2, 0.25) is 5.88 Å². The first-order chi connectivity index (χ1) is 19.1. The van der Waals surface area contributed by atoms with Gasteiger partial charge in [-0.25, -0.2) is 14.6 Å². The second-order valence-electron chi connectivity index (χ2n) is 11.3. The van der Waals surface area contributed by atoms with Gasteiger partial charge in [-0.3, -0.25) is 4.90 Å². The summed E-state index contributed by atoms with van der Waals surface area (Å²) in [7, 11) is 1.64. The number of anilines is 1. The summed E-state index contributed by atoms with van der Waals surface area (Å²) in [6.07, 6.45) is 6.91. The summed E-state index contributed by atoms with van der Waals surface area (Å²) >= 11 is 0. The SMILES string of the molecule is COc1ccc(CN2C3CC2CN(c2ccc(Cc4c(C#N)cnn4/C=C(\C)OCC(C)(C)O)cn2)C3)c(C)n1. The normalized spacial score (nSPS) is 19.2. The molecule has 0 aliphatic carbocycles. The lowest BCUT2D eigenvalue weighted by Gasteiger charge is -2.56. The fourth-order valence-corrected chi connectivity index (χ4v) is 5.35. The molecule has 0 radical (unpaired) electrons. The molecule has 3 aliphatic heterocycles. The first kappa shape index (κ1) is 27.6. The Labute approximate surface area is 235 Å². The van der Waals surface area contributed by atoms with E-state index < -0.39 is 5.60 Å². The zero-order valence-electron chi connectivity index (χ0n) is 23.8. The van der Waals surface area contributed by atoms with E-state index in [1.165, 1.54) is 12.0 Å². The minimum absolute atomic E-state index is 0.163. The van der Waals surface area contributed by atoms with Crippen LogP contribution in [0.1, 0.15) is 55.3 Å². The molecule has 3 aliphatic rings. The van der Waals surface area contributed by atoms with Crippen LogP contribution in [0, 0.1) is 18.3 Å². The number of pyridine rings is 2. The molecule has 6 heterocycles. The highest BCUT2D eigenvalue weighted by molar-refractivity contribution is 5.45. The molecule has 0 amide bonds. The van der Waals surface area contributed by atoms with Gasteiger partial charge in [-0.2, -0.15) is 10.4 Å². The highest BCUT2D eigenvalue weighted by atomic mass is 16.5.